The highest BCUT2D eigenvalue weighted by Crippen LogP contribution is 2.19. The minimum atomic E-state index is -0.715. The normalized spacial score (nSPS) is 13.0. The van der Waals surface area contributed by atoms with Gasteiger partial charge in [-0.2, -0.15) is 0 Å². The van der Waals surface area contributed by atoms with Gasteiger partial charge in [0, 0.05) is 12.3 Å². The highest BCUT2D eigenvalue weighted by atomic mass is 32.1. The molecule has 2 rings (SSSR count). The molecular formula is C22H27NO4S. The number of thiophene rings is 1. The number of nitrogens with one attached hydrogen (secondary N) is 1. The fourth-order valence-electron chi connectivity index (χ4n) is 3.04. The van der Waals surface area contributed by atoms with Crippen molar-refractivity contribution in [2.75, 3.05) is 7.11 Å². The Morgan fingerprint density at radius 2 is 1.79 bits per heavy atom. The molecule has 1 unspecified atom stereocenters. The Morgan fingerprint density at radius 1 is 1.07 bits per heavy atom. The molecule has 1 amide bonds. The quantitative estimate of drug-likeness (QED) is 0.484. The largest absolute Gasteiger partial charge is 0.467 e. The third-order valence-electron chi connectivity index (χ3n) is 4.43. The van der Waals surface area contributed by atoms with Gasteiger partial charge in [-0.15, -0.1) is 11.3 Å². The second-order valence-electron chi connectivity index (χ2n) is 7.21. The highest BCUT2D eigenvalue weighted by Gasteiger charge is 2.29. The summed E-state index contributed by atoms with van der Waals surface area (Å²) in [5, 5.41) is 4.65. The molecule has 0 fully saturated rings. The number of rotatable bonds is 10. The van der Waals surface area contributed by atoms with E-state index >= 15 is 0 Å². The topological polar surface area (TPSA) is 72.5 Å². The van der Waals surface area contributed by atoms with Crippen molar-refractivity contribution in [2.24, 2.45) is 11.8 Å². The van der Waals surface area contributed by atoms with E-state index in [-0.39, 0.29) is 24.0 Å². The van der Waals surface area contributed by atoms with E-state index in [1.807, 2.05) is 55.6 Å². The molecule has 0 aliphatic rings. The van der Waals surface area contributed by atoms with Crippen molar-refractivity contribution in [3.8, 4) is 0 Å². The average molecular weight is 402 g/mol. The number of methoxy groups -OCH3 is 1. The molecule has 1 aromatic heterocycles. The fourth-order valence-corrected chi connectivity index (χ4v) is 3.71. The molecule has 0 saturated carbocycles. The second kappa shape index (κ2) is 10.8. The summed E-state index contributed by atoms with van der Waals surface area (Å²) >= 11 is 1.37. The fraction of sp³-hybridized carbons (Fsp3) is 0.409. The van der Waals surface area contributed by atoms with Crippen LogP contribution in [0.15, 0.2) is 47.8 Å². The molecule has 6 heteroatoms. The third-order valence-corrected chi connectivity index (χ3v) is 5.34. The van der Waals surface area contributed by atoms with Crippen LogP contribution >= 0.6 is 11.3 Å². The van der Waals surface area contributed by atoms with E-state index in [0.29, 0.717) is 17.7 Å². The lowest BCUT2D eigenvalue weighted by Crippen LogP contribution is -2.45. The van der Waals surface area contributed by atoms with Gasteiger partial charge >= 0.3 is 5.97 Å². The third kappa shape index (κ3) is 6.60. The van der Waals surface area contributed by atoms with E-state index in [4.69, 9.17) is 4.74 Å². The number of ketones is 1. The first-order chi connectivity index (χ1) is 13.4. The number of ether oxygens (including phenoxy) is 1. The number of benzene rings is 1. The Labute approximate surface area is 170 Å². The number of hydrogen-bond acceptors (Lipinski definition) is 5. The zero-order valence-electron chi connectivity index (χ0n) is 16.5. The summed E-state index contributed by atoms with van der Waals surface area (Å²) in [6, 6.07) is 12.4. The number of carbonyl (C=O) groups excluding carboxylic acids is 3. The molecule has 150 valence electrons. The van der Waals surface area contributed by atoms with Crippen molar-refractivity contribution >= 4 is 29.0 Å². The molecule has 1 heterocycles. The van der Waals surface area contributed by atoms with Gasteiger partial charge in [-0.1, -0.05) is 50.2 Å². The molecule has 0 radical (unpaired) electrons. The van der Waals surface area contributed by atoms with Gasteiger partial charge in [0.05, 0.1) is 12.0 Å². The number of Topliss-reactive ketones (excluding diaryl/α,β-unsaturated/α-hetero) is 1. The van der Waals surface area contributed by atoms with Crippen LogP contribution in [0.25, 0.3) is 0 Å². The lowest BCUT2D eigenvalue weighted by Gasteiger charge is -2.22. The number of hydrogen-bond donors (Lipinski definition) is 1. The molecule has 0 saturated heterocycles. The molecule has 1 N–H and O–H groups in total. The van der Waals surface area contributed by atoms with Gasteiger partial charge in [0.2, 0.25) is 5.91 Å². The van der Waals surface area contributed by atoms with Crippen LogP contribution < -0.4 is 5.32 Å². The summed E-state index contributed by atoms with van der Waals surface area (Å²) < 4.78 is 4.83. The van der Waals surface area contributed by atoms with Crippen LogP contribution in [0.2, 0.25) is 0 Å². The highest BCUT2D eigenvalue weighted by molar-refractivity contribution is 7.12. The van der Waals surface area contributed by atoms with Crippen molar-refractivity contribution < 1.29 is 19.1 Å². The summed E-state index contributed by atoms with van der Waals surface area (Å²) in [5.41, 5.74) is 0.972. The predicted molar refractivity (Wildman–Crippen MR) is 110 cm³/mol. The maximum absolute atomic E-state index is 13.0. The number of esters is 1. The monoisotopic (exact) mass is 401 g/mol. The van der Waals surface area contributed by atoms with Gasteiger partial charge in [0.1, 0.15) is 6.04 Å². The first kappa shape index (κ1) is 21.8. The van der Waals surface area contributed by atoms with E-state index in [0.717, 1.165) is 5.56 Å². The molecular weight excluding hydrogens is 374 g/mol. The molecule has 28 heavy (non-hydrogen) atoms. The van der Waals surface area contributed by atoms with E-state index < -0.39 is 17.9 Å². The van der Waals surface area contributed by atoms with Crippen molar-refractivity contribution in [2.45, 2.75) is 39.2 Å². The smallest absolute Gasteiger partial charge is 0.328 e. The van der Waals surface area contributed by atoms with Gasteiger partial charge in [0.25, 0.3) is 0 Å². The van der Waals surface area contributed by atoms with Crippen LogP contribution in [0.5, 0.6) is 0 Å². The maximum atomic E-state index is 13.0. The lowest BCUT2D eigenvalue weighted by molar-refractivity contribution is -0.146. The Morgan fingerprint density at radius 3 is 2.36 bits per heavy atom. The van der Waals surface area contributed by atoms with Gasteiger partial charge < -0.3 is 10.1 Å². The average Bonchev–Trinajstić information content (AvgIpc) is 3.21. The van der Waals surface area contributed by atoms with E-state index in [9.17, 15) is 14.4 Å². The van der Waals surface area contributed by atoms with Crippen molar-refractivity contribution in [3.05, 3.63) is 58.3 Å². The Bertz CT molecular complexity index is 771. The second-order valence-corrected chi connectivity index (χ2v) is 8.15. The Kier molecular flexibility index (Phi) is 8.39. The van der Waals surface area contributed by atoms with Crippen molar-refractivity contribution in [1.82, 2.24) is 5.32 Å². The van der Waals surface area contributed by atoms with E-state index in [2.05, 4.69) is 5.32 Å². The van der Waals surface area contributed by atoms with Gasteiger partial charge in [-0.25, -0.2) is 4.79 Å². The van der Waals surface area contributed by atoms with E-state index in [1.54, 1.807) is 6.07 Å². The lowest BCUT2D eigenvalue weighted by atomic mass is 9.92. The molecule has 0 bridgehead atoms. The molecule has 2 atom stereocenters. The van der Waals surface area contributed by atoms with E-state index in [1.165, 1.54) is 18.4 Å². The zero-order valence-corrected chi connectivity index (χ0v) is 17.3. The van der Waals surface area contributed by atoms with Gasteiger partial charge in [-0.05, 0) is 35.8 Å². The first-order valence-electron chi connectivity index (χ1n) is 9.39. The Balaban J connectivity index is 2.17. The summed E-state index contributed by atoms with van der Waals surface area (Å²) in [6.45, 7) is 3.95. The summed E-state index contributed by atoms with van der Waals surface area (Å²) in [6.07, 6.45) is 1.01. The van der Waals surface area contributed by atoms with Crippen LogP contribution in [0, 0.1) is 11.8 Å². The summed E-state index contributed by atoms with van der Waals surface area (Å²) in [4.78, 5) is 38.3. The summed E-state index contributed by atoms with van der Waals surface area (Å²) in [7, 11) is 1.31. The Hall–Kier alpha value is -2.47. The molecule has 1 aromatic carbocycles. The minimum Gasteiger partial charge on any atom is -0.467 e. The zero-order chi connectivity index (χ0) is 20.5. The van der Waals surface area contributed by atoms with Crippen LogP contribution in [0.3, 0.4) is 0 Å². The van der Waals surface area contributed by atoms with Crippen LogP contribution in [0.4, 0.5) is 0 Å². The number of carbonyl (C=O) groups is 3. The van der Waals surface area contributed by atoms with Crippen LogP contribution in [-0.2, 0) is 20.7 Å². The molecule has 0 spiro atoms. The molecule has 2 aromatic rings. The predicted octanol–water partition coefficient (Wildman–Crippen LogP) is 3.88. The SMILES string of the molecule is COC(=O)[C@@H](CC(C)C)NC(=O)C(CC(=O)c1cccs1)Cc1ccccc1. The first-order valence-corrected chi connectivity index (χ1v) is 10.3. The van der Waals surface area contributed by atoms with Gasteiger partial charge in [-0.3, -0.25) is 9.59 Å². The minimum absolute atomic E-state index is 0.0652. The maximum Gasteiger partial charge on any atom is 0.328 e. The van der Waals surface area contributed by atoms with Gasteiger partial charge in [0.15, 0.2) is 5.78 Å². The number of amides is 1. The van der Waals surface area contributed by atoms with Crippen molar-refractivity contribution in [3.63, 3.8) is 0 Å². The summed E-state index contributed by atoms with van der Waals surface area (Å²) in [5.74, 6) is -1.18. The molecule has 0 aliphatic heterocycles. The van der Waals surface area contributed by atoms with Crippen LogP contribution in [0.1, 0.15) is 41.9 Å². The van der Waals surface area contributed by atoms with Crippen molar-refractivity contribution in [1.29, 1.82) is 0 Å². The van der Waals surface area contributed by atoms with Crippen LogP contribution in [-0.4, -0.2) is 30.8 Å². The molecule has 0 aliphatic carbocycles. The molecule has 5 nitrogen and oxygen atoms in total. The standard InChI is InChI=1S/C22H27NO4S/c1-15(2)12-18(22(26)27-3)23-21(25)17(13-16-8-5-4-6-9-16)14-19(24)20-10-7-11-28-20/h4-11,15,17-18H,12-14H2,1-3H3,(H,23,25)/t17?,18-/m1/s1.